The van der Waals surface area contributed by atoms with E-state index in [0.717, 1.165) is 90.0 Å². The predicted octanol–water partition coefficient (Wildman–Crippen LogP) is 3.11. The third-order valence-electron chi connectivity index (χ3n) is 19.8. The highest BCUT2D eigenvalue weighted by Crippen LogP contribution is 2.45. The van der Waals surface area contributed by atoms with E-state index in [1.807, 2.05) is 0 Å². The summed E-state index contributed by atoms with van der Waals surface area (Å²) in [4.78, 5) is 198. The molecule has 14 unspecified atom stereocenters. The molecule has 34 atom stereocenters. The van der Waals surface area contributed by atoms with Crippen LogP contribution in [-0.2, 0) is 185 Å². The van der Waals surface area contributed by atoms with Crippen LogP contribution in [0.25, 0.3) is 73.1 Å². The number of hydrogen-bond acceptors (Lipinski definition) is 46. The average molecular weight is 1840 g/mol. The zero-order valence-electron chi connectivity index (χ0n) is 70.8. The molecule has 0 aromatic rings. The van der Waals surface area contributed by atoms with Crippen molar-refractivity contribution in [2.24, 2.45) is 41.7 Å². The van der Waals surface area contributed by atoms with Crippen LogP contribution in [0.2, 0.25) is 0 Å². The van der Waals surface area contributed by atoms with E-state index in [1.165, 1.54) is 0 Å². The SMILES string of the molecule is CC(=O)OC1C[C@@H]2O[C@H]3OC(CN=[N+]=[N-])[C@@H](O[C@H]4CC(CN=[N+]=[N-])[C@@H](O[C@H]5OC(CN=[N+]=[N-])[C@@H](O[C@@H]6OC(CN=[N+]=[N-])[C@@H](O[C@@H]7OC(CN=[N+]=[N-])[C@@H](O[C@@H]8OC(CN=[N+]=[N-])[C@@H](O[C@H]1OC2CN=[N+]=[N-])[C@H](OC(C)=O)C8OC(C)=O)[C@@H](OC(C)=O)C7OC(C)=O)[C@@H](OC(C)=O)C6OC(C)=O)[C@H](OC(C)=O)C5OC(C)=O)[C@H](OC(C)=O)C4OC(C)=O)[C@H](OC(C)=O)C3OC(C)=O. The summed E-state index contributed by atoms with van der Waals surface area (Å²) in [5.41, 5.74) is 70.1. The van der Waals surface area contributed by atoms with Crippen LogP contribution in [0.3, 0.4) is 0 Å². The molecule has 706 valence electrons. The van der Waals surface area contributed by atoms with Crippen LogP contribution in [0.15, 0.2) is 35.8 Å². The first kappa shape index (κ1) is 102. The zero-order valence-corrected chi connectivity index (χ0v) is 70.8. The first-order valence-corrected chi connectivity index (χ1v) is 39.2. The van der Waals surface area contributed by atoms with Gasteiger partial charge in [-0.15, -0.1) is 0 Å². The lowest BCUT2D eigenvalue weighted by molar-refractivity contribution is -0.389. The minimum absolute atomic E-state index is 0.676. The molecule has 20 saturated heterocycles. The van der Waals surface area contributed by atoms with Gasteiger partial charge in [-0.25, -0.2) is 0 Å². The van der Waals surface area contributed by atoms with Gasteiger partial charge in [0.15, 0.2) is 117 Å². The van der Waals surface area contributed by atoms with Gasteiger partial charge in [0.2, 0.25) is 0 Å². The molecule has 129 heavy (non-hydrogen) atoms. The number of nitrogens with zero attached hydrogens (tertiary/aromatic N) is 21. The van der Waals surface area contributed by atoms with E-state index in [-0.39, 0.29) is 0 Å². The van der Waals surface area contributed by atoms with Crippen LogP contribution in [0.5, 0.6) is 0 Å². The Morgan fingerprint density at radius 2 is 0.419 bits per heavy atom. The molecule has 0 aromatic carbocycles. The molecule has 1 aliphatic carbocycles. The highest BCUT2D eigenvalue weighted by atomic mass is 16.8. The van der Waals surface area contributed by atoms with Gasteiger partial charge in [-0.3, -0.25) is 62.3 Å². The first-order chi connectivity index (χ1) is 61.3. The normalized spacial score (nSPS) is 35.8. The fraction of sp³-hybridized carbons (Fsp3) is 0.812. The molecular formula is C69H91N21O39. The molecular weight excluding hydrogens is 1750 g/mol. The second-order valence-electron chi connectivity index (χ2n) is 29.2. The summed E-state index contributed by atoms with van der Waals surface area (Å²) in [6, 6.07) is 0. The largest absolute Gasteiger partial charge is 0.457 e. The Hall–Kier alpha value is -12.2. The second-order valence-corrected chi connectivity index (χ2v) is 29.2. The maximum Gasteiger partial charge on any atom is 0.303 e. The molecule has 60 heteroatoms. The van der Waals surface area contributed by atoms with E-state index in [0.29, 0.717) is 0 Å². The van der Waals surface area contributed by atoms with Gasteiger partial charge in [0.25, 0.3) is 0 Å². The maximum absolute atomic E-state index is 13.8. The van der Waals surface area contributed by atoms with Crippen LogP contribution >= 0.6 is 0 Å². The Labute approximate surface area is 726 Å². The fourth-order valence-corrected chi connectivity index (χ4v) is 15.7. The molecule has 20 heterocycles. The lowest BCUT2D eigenvalue weighted by Crippen LogP contribution is -2.69. The topological polar surface area (TPSA) is 803 Å². The molecule has 0 aromatic heterocycles. The van der Waals surface area contributed by atoms with Crippen molar-refractivity contribution < 1.29 is 185 Å². The van der Waals surface area contributed by atoms with Gasteiger partial charge in [0, 0.05) is 137 Å². The summed E-state index contributed by atoms with van der Waals surface area (Å²) in [5, 5.41) is 25.8. The van der Waals surface area contributed by atoms with E-state index < -0.39 is 345 Å². The Bertz CT molecular complexity index is 4320. The van der Waals surface area contributed by atoms with Crippen LogP contribution in [0.1, 0.15) is 103 Å². The highest BCUT2D eigenvalue weighted by Gasteiger charge is 2.64. The lowest BCUT2D eigenvalue weighted by Gasteiger charge is -2.52. The number of azide groups is 7. The van der Waals surface area contributed by atoms with Crippen LogP contribution < -0.4 is 0 Å². The van der Waals surface area contributed by atoms with Crippen molar-refractivity contribution in [1.29, 1.82) is 0 Å². The van der Waals surface area contributed by atoms with E-state index >= 15 is 0 Å². The van der Waals surface area contributed by atoms with Gasteiger partial charge in [-0.1, -0.05) is 35.8 Å². The molecule has 0 radical (unpaired) electrons. The number of esters is 13. The quantitative estimate of drug-likeness (QED) is 0.0375. The van der Waals surface area contributed by atoms with Crippen molar-refractivity contribution >= 4 is 77.6 Å². The van der Waals surface area contributed by atoms with Crippen molar-refractivity contribution in [3.8, 4) is 0 Å². The molecule has 1 saturated carbocycles. The average Bonchev–Trinajstić information content (AvgIpc) is 0.804. The van der Waals surface area contributed by atoms with E-state index in [9.17, 15) is 101 Å². The standard InChI is InChI=1S/C69H91N21O39/c1-23(91)104-39-15-37-40(17-78-85-71)119-64(39)126-49-42(19-80-87-73)122-67(61(114-33(11)101)55(49)108-27(5)95)128-51-44(21-82-89-75)124-69(63(116-35(13)103)57(51)110-29(7)97)129-52-45(22-83-90-76)123-68(62(115-34(12)102)58(52)111-30(8)98)127-50-43(20-81-88-74)121-66(60(113-32(10)100)56(50)109-28(6)96)125-46-36(16-77-84-70)14-38(47(105-24(2)92)53(46)106-25(3)93)117-48-41(18-79-86-72)120-65(118-37)59(112-31(9)99)54(48)107-26(4)94/h36-69H,14-22H2,1-13H3/t36?,37-,38-,39?,40?,41?,42?,43?,44?,45?,46+,47?,48+,49+,50+,51+,52+,53-,54-,55-,56-,57+,58+,59?,60?,61?,62?,63?,64+,65-,66+,67-,68-,69-/m0/s1. The second kappa shape index (κ2) is 48.2. The third-order valence-corrected chi connectivity index (χ3v) is 19.8. The Balaban J connectivity index is 1.45. The maximum atomic E-state index is 13.8. The first-order valence-electron chi connectivity index (χ1n) is 39.2. The van der Waals surface area contributed by atoms with Crippen LogP contribution in [-0.4, -0.2) is 326 Å². The number of ether oxygens (including phenoxy) is 26. The molecule has 21 fully saturated rings. The zero-order chi connectivity index (χ0) is 94.8. The molecule has 60 nitrogen and oxygen atoms in total. The minimum Gasteiger partial charge on any atom is -0.457 e. The summed E-state index contributed by atoms with van der Waals surface area (Å²) < 4.78 is 163. The highest BCUT2D eigenvalue weighted by molar-refractivity contribution is 5.71. The monoisotopic (exact) mass is 1840 g/mol. The van der Waals surface area contributed by atoms with Crippen molar-refractivity contribution in [2.45, 2.75) is 305 Å². The summed E-state index contributed by atoms with van der Waals surface area (Å²) in [7, 11) is 0. The number of carbonyl (C=O) groups excluding carboxylic acids is 13. The van der Waals surface area contributed by atoms with E-state index in [2.05, 4.69) is 70.2 Å². The smallest absolute Gasteiger partial charge is 0.303 e. The van der Waals surface area contributed by atoms with E-state index in [4.69, 9.17) is 123 Å². The van der Waals surface area contributed by atoms with Crippen molar-refractivity contribution in [3.63, 3.8) is 0 Å². The van der Waals surface area contributed by atoms with Crippen LogP contribution in [0.4, 0.5) is 0 Å². The van der Waals surface area contributed by atoms with Gasteiger partial charge < -0.3 is 123 Å². The molecule has 0 spiro atoms. The lowest BCUT2D eigenvalue weighted by atomic mass is 9.79. The van der Waals surface area contributed by atoms with Gasteiger partial charge in [-0.2, -0.15) is 0 Å². The summed E-state index contributed by atoms with van der Waals surface area (Å²) in [6.07, 6.45) is -71.2. The fourth-order valence-electron chi connectivity index (χ4n) is 15.7. The molecule has 21 rings (SSSR count). The number of carbonyl (C=O) groups is 13. The molecule has 14 bridgehead atoms. The summed E-state index contributed by atoms with van der Waals surface area (Å²) in [5.74, 6) is -17.4. The van der Waals surface area contributed by atoms with Crippen molar-refractivity contribution in [1.82, 2.24) is 0 Å². The third kappa shape index (κ3) is 27.9. The van der Waals surface area contributed by atoms with Gasteiger partial charge in [-0.05, 0) is 51.1 Å². The molecule has 20 aliphatic heterocycles. The summed E-state index contributed by atoms with van der Waals surface area (Å²) in [6.45, 7) is 4.66. The Kier molecular flexibility index (Phi) is 38.2. The van der Waals surface area contributed by atoms with Crippen LogP contribution in [0, 0.1) is 5.92 Å². The number of hydrogen-bond donors (Lipinski definition) is 0. The Morgan fingerprint density at radius 1 is 0.217 bits per heavy atom. The predicted molar refractivity (Wildman–Crippen MR) is 403 cm³/mol. The van der Waals surface area contributed by atoms with Crippen molar-refractivity contribution in [2.75, 3.05) is 45.8 Å². The molecule has 0 amide bonds. The molecule has 21 aliphatic rings. The Morgan fingerprint density at radius 3 is 0.682 bits per heavy atom. The minimum atomic E-state index is -2.38. The van der Waals surface area contributed by atoms with Gasteiger partial charge in [0.05, 0.1) is 88.1 Å². The van der Waals surface area contributed by atoms with E-state index in [1.54, 1.807) is 0 Å². The number of rotatable bonds is 27. The van der Waals surface area contributed by atoms with Gasteiger partial charge in [0.1, 0.15) is 36.6 Å². The molecule has 0 N–H and O–H groups in total. The summed E-state index contributed by atoms with van der Waals surface area (Å²) >= 11 is 0. The van der Waals surface area contributed by atoms with Crippen molar-refractivity contribution in [3.05, 3.63) is 73.1 Å². The van der Waals surface area contributed by atoms with Gasteiger partial charge >= 0.3 is 77.6 Å².